The summed E-state index contributed by atoms with van der Waals surface area (Å²) in [6, 6.07) is 17.4. The van der Waals surface area contributed by atoms with Gasteiger partial charge in [0, 0.05) is 17.7 Å². The molecule has 1 N–H and O–H groups in total. The fourth-order valence-corrected chi connectivity index (χ4v) is 4.52. The van der Waals surface area contributed by atoms with Crippen LogP contribution in [0.15, 0.2) is 76.3 Å². The first-order valence-corrected chi connectivity index (χ1v) is 11.4. The second-order valence-electron chi connectivity index (χ2n) is 7.59. The number of Topliss-reactive ketones (excluding diaryl/α,β-unsaturated/α-hetero) is 1. The quantitative estimate of drug-likeness (QED) is 0.474. The topological polar surface area (TPSA) is 101 Å². The molecule has 2 heterocycles. The SMILES string of the molecule is COc1ccc(N=C2S[C@@H](CC(=O)Nc3ccc(C(C)=O)cc3)C(=O)N2Cc2ccco2)cc1. The summed E-state index contributed by atoms with van der Waals surface area (Å²) in [5, 5.41) is 2.66. The Morgan fingerprint density at radius 3 is 2.47 bits per heavy atom. The number of thioether (sulfide) groups is 1. The molecule has 0 saturated carbocycles. The van der Waals surface area contributed by atoms with Gasteiger partial charge in [-0.05, 0) is 67.6 Å². The number of methoxy groups -OCH3 is 1. The maximum absolute atomic E-state index is 13.2. The van der Waals surface area contributed by atoms with Crippen molar-refractivity contribution in [3.05, 3.63) is 78.3 Å². The second-order valence-corrected chi connectivity index (χ2v) is 8.76. The molecule has 0 radical (unpaired) electrons. The monoisotopic (exact) mass is 477 g/mol. The Kier molecular flexibility index (Phi) is 7.12. The summed E-state index contributed by atoms with van der Waals surface area (Å²) in [6.45, 7) is 1.70. The molecular formula is C25H23N3O5S. The smallest absolute Gasteiger partial charge is 0.243 e. The first-order chi connectivity index (χ1) is 16.4. The van der Waals surface area contributed by atoms with Crippen LogP contribution in [-0.4, -0.2) is 40.0 Å². The van der Waals surface area contributed by atoms with Gasteiger partial charge in [0.05, 0.1) is 25.6 Å². The molecule has 0 unspecified atom stereocenters. The largest absolute Gasteiger partial charge is 0.497 e. The highest BCUT2D eigenvalue weighted by atomic mass is 32.2. The zero-order chi connectivity index (χ0) is 24.1. The number of benzene rings is 2. The molecule has 4 rings (SSSR count). The van der Waals surface area contributed by atoms with E-state index in [4.69, 9.17) is 9.15 Å². The van der Waals surface area contributed by atoms with Crippen molar-refractivity contribution in [1.29, 1.82) is 0 Å². The molecular weight excluding hydrogens is 454 g/mol. The molecule has 1 aromatic heterocycles. The van der Waals surface area contributed by atoms with E-state index in [1.165, 1.54) is 23.6 Å². The van der Waals surface area contributed by atoms with E-state index in [2.05, 4.69) is 10.3 Å². The zero-order valence-corrected chi connectivity index (χ0v) is 19.5. The third-order valence-corrected chi connectivity index (χ3v) is 6.33. The van der Waals surface area contributed by atoms with Gasteiger partial charge in [-0.3, -0.25) is 19.3 Å². The minimum Gasteiger partial charge on any atom is -0.497 e. The van der Waals surface area contributed by atoms with E-state index in [9.17, 15) is 14.4 Å². The molecule has 9 heteroatoms. The van der Waals surface area contributed by atoms with Gasteiger partial charge in [0.25, 0.3) is 0 Å². The van der Waals surface area contributed by atoms with E-state index < -0.39 is 5.25 Å². The van der Waals surface area contributed by atoms with Crippen molar-refractivity contribution >= 4 is 45.9 Å². The molecule has 34 heavy (non-hydrogen) atoms. The predicted molar refractivity (Wildman–Crippen MR) is 130 cm³/mol. The van der Waals surface area contributed by atoms with Crippen LogP contribution in [0.1, 0.15) is 29.5 Å². The van der Waals surface area contributed by atoms with Crippen molar-refractivity contribution in [2.75, 3.05) is 12.4 Å². The number of nitrogens with zero attached hydrogens (tertiary/aromatic N) is 2. The molecule has 0 bridgehead atoms. The number of aliphatic imine (C=N–C) groups is 1. The van der Waals surface area contributed by atoms with Crippen molar-refractivity contribution in [1.82, 2.24) is 4.90 Å². The number of nitrogens with one attached hydrogen (secondary N) is 1. The standard InChI is InChI=1S/C25H23N3O5S/c1-16(29)17-5-7-18(8-6-17)26-23(30)14-22-24(31)28(15-21-4-3-13-33-21)25(34-22)27-19-9-11-20(32-2)12-10-19/h3-13,22H,14-15H2,1-2H3,(H,26,30)/t22-/m0/s1. The summed E-state index contributed by atoms with van der Waals surface area (Å²) >= 11 is 1.25. The predicted octanol–water partition coefficient (Wildman–Crippen LogP) is 4.65. The van der Waals surface area contributed by atoms with Crippen LogP contribution in [0, 0.1) is 0 Å². The molecule has 0 aliphatic carbocycles. The summed E-state index contributed by atoms with van der Waals surface area (Å²) in [4.78, 5) is 43.4. The zero-order valence-electron chi connectivity index (χ0n) is 18.7. The van der Waals surface area contributed by atoms with Gasteiger partial charge in [-0.2, -0.15) is 0 Å². The summed E-state index contributed by atoms with van der Waals surface area (Å²) in [6.07, 6.45) is 1.53. The number of furan rings is 1. The van der Waals surface area contributed by atoms with Crippen LogP contribution in [0.4, 0.5) is 11.4 Å². The lowest BCUT2D eigenvalue weighted by atomic mass is 10.1. The van der Waals surface area contributed by atoms with E-state index >= 15 is 0 Å². The minimum absolute atomic E-state index is 0.0196. The summed E-state index contributed by atoms with van der Waals surface area (Å²) < 4.78 is 10.6. The summed E-state index contributed by atoms with van der Waals surface area (Å²) in [7, 11) is 1.59. The highest BCUT2D eigenvalue weighted by molar-refractivity contribution is 8.15. The van der Waals surface area contributed by atoms with Crippen LogP contribution in [0.5, 0.6) is 5.75 Å². The number of amides is 2. The maximum Gasteiger partial charge on any atom is 0.243 e. The number of hydrogen-bond donors (Lipinski definition) is 1. The van der Waals surface area contributed by atoms with Crippen molar-refractivity contribution in [3.8, 4) is 5.75 Å². The van der Waals surface area contributed by atoms with Gasteiger partial charge in [-0.25, -0.2) is 4.99 Å². The number of ketones is 1. The number of rotatable bonds is 8. The molecule has 174 valence electrons. The second kappa shape index (κ2) is 10.4. The lowest BCUT2D eigenvalue weighted by Crippen LogP contribution is -2.33. The van der Waals surface area contributed by atoms with E-state index in [-0.39, 0.29) is 30.6 Å². The molecule has 1 aliphatic rings. The summed E-state index contributed by atoms with van der Waals surface area (Å²) in [5.41, 5.74) is 1.79. The Bertz CT molecular complexity index is 1200. The van der Waals surface area contributed by atoms with E-state index in [0.717, 1.165) is 0 Å². The number of carbonyl (C=O) groups is 3. The molecule has 1 atom stereocenters. The van der Waals surface area contributed by atoms with Gasteiger partial charge >= 0.3 is 0 Å². The van der Waals surface area contributed by atoms with Crippen molar-refractivity contribution in [2.24, 2.45) is 4.99 Å². The van der Waals surface area contributed by atoms with Crippen LogP contribution >= 0.6 is 11.8 Å². The minimum atomic E-state index is -0.622. The van der Waals surface area contributed by atoms with Crippen LogP contribution in [0.3, 0.4) is 0 Å². The Morgan fingerprint density at radius 1 is 1.12 bits per heavy atom. The molecule has 1 aliphatic heterocycles. The molecule has 2 aromatic carbocycles. The molecule has 8 nitrogen and oxygen atoms in total. The fraction of sp³-hybridized carbons (Fsp3) is 0.200. The fourth-order valence-electron chi connectivity index (χ4n) is 3.36. The van der Waals surface area contributed by atoms with E-state index in [1.807, 2.05) is 0 Å². The molecule has 3 aromatic rings. The third kappa shape index (κ3) is 5.55. The van der Waals surface area contributed by atoms with Crippen LogP contribution in [0.2, 0.25) is 0 Å². The first kappa shape index (κ1) is 23.3. The van der Waals surface area contributed by atoms with Crippen LogP contribution in [0.25, 0.3) is 0 Å². The Morgan fingerprint density at radius 2 is 1.85 bits per heavy atom. The van der Waals surface area contributed by atoms with Crippen molar-refractivity contribution in [2.45, 2.75) is 25.1 Å². The lowest BCUT2D eigenvalue weighted by Gasteiger charge is -2.15. The number of amidine groups is 1. The Hall–Kier alpha value is -3.85. The number of anilines is 1. The van der Waals surface area contributed by atoms with Gasteiger partial charge in [-0.15, -0.1) is 0 Å². The number of ether oxygens (including phenoxy) is 1. The van der Waals surface area contributed by atoms with Crippen LogP contribution in [-0.2, 0) is 16.1 Å². The highest BCUT2D eigenvalue weighted by Crippen LogP contribution is 2.33. The van der Waals surface area contributed by atoms with E-state index in [0.29, 0.717) is 33.6 Å². The van der Waals surface area contributed by atoms with Crippen molar-refractivity contribution in [3.63, 3.8) is 0 Å². The third-order valence-electron chi connectivity index (χ3n) is 5.16. The van der Waals surface area contributed by atoms with Gasteiger partial charge in [-0.1, -0.05) is 11.8 Å². The Balaban J connectivity index is 1.49. The first-order valence-electron chi connectivity index (χ1n) is 10.6. The van der Waals surface area contributed by atoms with Gasteiger partial charge in [0.1, 0.15) is 16.8 Å². The van der Waals surface area contributed by atoms with Gasteiger partial charge in [0.15, 0.2) is 11.0 Å². The van der Waals surface area contributed by atoms with Crippen molar-refractivity contribution < 1.29 is 23.5 Å². The van der Waals surface area contributed by atoms with Gasteiger partial charge < -0.3 is 14.5 Å². The Labute approximate surface area is 201 Å². The molecule has 0 spiro atoms. The number of hydrogen-bond acceptors (Lipinski definition) is 7. The lowest BCUT2D eigenvalue weighted by molar-refractivity contribution is -0.128. The van der Waals surface area contributed by atoms with Crippen LogP contribution < -0.4 is 10.1 Å². The summed E-state index contributed by atoms with van der Waals surface area (Å²) in [5.74, 6) is 0.761. The number of carbonyl (C=O) groups excluding carboxylic acids is 3. The molecule has 1 fully saturated rings. The average molecular weight is 478 g/mol. The molecule has 1 saturated heterocycles. The van der Waals surface area contributed by atoms with Gasteiger partial charge in [0.2, 0.25) is 11.8 Å². The maximum atomic E-state index is 13.2. The normalized spacial score (nSPS) is 16.6. The molecule has 2 amide bonds. The van der Waals surface area contributed by atoms with E-state index in [1.54, 1.807) is 74.0 Å². The highest BCUT2D eigenvalue weighted by Gasteiger charge is 2.39. The average Bonchev–Trinajstić information content (AvgIpc) is 3.44.